The molecule has 2 aromatic carbocycles. The highest BCUT2D eigenvalue weighted by molar-refractivity contribution is 9.10. The Bertz CT molecular complexity index is 625. The number of fused-ring (bicyclic) bond motifs is 1. The van der Waals surface area contributed by atoms with E-state index in [0.717, 1.165) is 23.2 Å². The molecule has 0 amide bonds. The molecule has 1 aliphatic heterocycles. The van der Waals surface area contributed by atoms with Crippen molar-refractivity contribution in [2.45, 2.75) is 13.0 Å². The number of nitrogens with one attached hydrogen (secondary N) is 1. The second-order valence-electron chi connectivity index (χ2n) is 4.97. The highest BCUT2D eigenvalue weighted by Crippen LogP contribution is 2.26. The van der Waals surface area contributed by atoms with Gasteiger partial charge in [0.05, 0.1) is 0 Å². The molecule has 0 bridgehead atoms. The van der Waals surface area contributed by atoms with Crippen LogP contribution < -0.4 is 26.6 Å². The Morgan fingerprint density at radius 3 is 2.67 bits per heavy atom. The van der Waals surface area contributed by atoms with E-state index in [1.165, 1.54) is 21.7 Å². The van der Waals surface area contributed by atoms with E-state index in [2.05, 4.69) is 65.0 Å². The summed E-state index contributed by atoms with van der Waals surface area (Å²) in [6, 6.07) is 14.8. The van der Waals surface area contributed by atoms with E-state index in [-0.39, 0.29) is 17.0 Å². The van der Waals surface area contributed by atoms with Gasteiger partial charge in [-0.3, -0.25) is 4.90 Å². The first-order valence-corrected chi connectivity index (χ1v) is 7.52. The van der Waals surface area contributed by atoms with Gasteiger partial charge in [-0.2, -0.15) is 0 Å². The Kier molecular flexibility index (Phi) is 5.62. The molecule has 21 heavy (non-hydrogen) atoms. The molecule has 1 atom stereocenters. The molecule has 0 aromatic heterocycles. The van der Waals surface area contributed by atoms with E-state index in [9.17, 15) is 0 Å². The average Bonchev–Trinajstić information content (AvgIpc) is 2.48. The lowest BCUT2D eigenvalue weighted by molar-refractivity contribution is -0.868. The maximum absolute atomic E-state index is 6.01. The Morgan fingerprint density at radius 1 is 1.19 bits per heavy atom. The van der Waals surface area contributed by atoms with Crippen molar-refractivity contribution in [3.05, 3.63) is 70.7 Å². The maximum atomic E-state index is 6.01. The number of para-hydroxylation sites is 1. The number of quaternary nitrogens is 1. The van der Waals surface area contributed by atoms with Crippen molar-refractivity contribution in [2.24, 2.45) is 0 Å². The van der Waals surface area contributed by atoms with Gasteiger partial charge in [0, 0.05) is 22.2 Å². The second-order valence-corrected chi connectivity index (χ2v) is 5.89. The minimum absolute atomic E-state index is 0. The highest BCUT2D eigenvalue weighted by Gasteiger charge is 2.23. The number of hydrogen-bond acceptors (Lipinski definition) is 1. The lowest BCUT2D eigenvalue weighted by atomic mass is 10.0. The second kappa shape index (κ2) is 7.25. The van der Waals surface area contributed by atoms with Crippen LogP contribution in [-0.2, 0) is 13.0 Å². The number of benzene rings is 2. The van der Waals surface area contributed by atoms with Crippen LogP contribution in [0.2, 0.25) is 0 Å². The van der Waals surface area contributed by atoms with Gasteiger partial charge in [0.1, 0.15) is 18.0 Å². The highest BCUT2D eigenvalue weighted by atomic mass is 79.9. The number of halogens is 2. The summed E-state index contributed by atoms with van der Waals surface area (Å²) in [4.78, 5) is 1.33. The number of allylic oxidation sites excluding steroid dienone is 1. The van der Waals surface area contributed by atoms with Crippen LogP contribution in [0, 0.1) is 0 Å². The molecule has 1 heterocycles. The Hall–Kier alpha value is -1.10. The predicted octanol–water partition coefficient (Wildman–Crippen LogP) is 0.248. The third-order valence-corrected chi connectivity index (χ3v) is 4.12. The van der Waals surface area contributed by atoms with Crippen molar-refractivity contribution >= 4 is 21.6 Å². The molecule has 1 unspecified atom stereocenters. The van der Waals surface area contributed by atoms with Gasteiger partial charge < -0.3 is 21.7 Å². The molecule has 0 radical (unpaired) electrons. The zero-order chi connectivity index (χ0) is 13.9. The third-order valence-electron chi connectivity index (χ3n) is 3.59. The largest absolute Gasteiger partial charge is 1.00 e. The Labute approximate surface area is 144 Å². The number of hydrogen-bond donors (Lipinski definition) is 1. The first-order chi connectivity index (χ1) is 9.78. The maximum Gasteiger partial charge on any atom is 0.227 e. The molecule has 2 nitrogen and oxygen atoms in total. The van der Waals surface area contributed by atoms with Crippen LogP contribution in [-0.4, -0.2) is 6.73 Å². The first-order valence-electron chi connectivity index (χ1n) is 6.73. The summed E-state index contributed by atoms with van der Waals surface area (Å²) >= 11 is 3.47. The van der Waals surface area contributed by atoms with Crippen LogP contribution in [0.25, 0.3) is 0 Å². The van der Waals surface area contributed by atoms with E-state index < -0.39 is 0 Å². The van der Waals surface area contributed by atoms with Gasteiger partial charge in [-0.1, -0.05) is 34.1 Å². The van der Waals surface area contributed by atoms with Gasteiger partial charge in [0.15, 0.2) is 0 Å². The van der Waals surface area contributed by atoms with Crippen molar-refractivity contribution in [1.29, 1.82) is 0 Å². The summed E-state index contributed by atoms with van der Waals surface area (Å²) in [6.45, 7) is 5.44. The van der Waals surface area contributed by atoms with E-state index >= 15 is 0 Å². The zero-order valence-electron chi connectivity index (χ0n) is 11.6. The van der Waals surface area contributed by atoms with E-state index in [0.29, 0.717) is 6.73 Å². The van der Waals surface area contributed by atoms with Crippen molar-refractivity contribution in [2.75, 3.05) is 6.73 Å². The van der Waals surface area contributed by atoms with Gasteiger partial charge in [0.2, 0.25) is 6.73 Å². The van der Waals surface area contributed by atoms with Crippen LogP contribution in [0.4, 0.5) is 5.69 Å². The summed E-state index contributed by atoms with van der Waals surface area (Å²) in [5, 5.41) is 0. The van der Waals surface area contributed by atoms with Crippen molar-refractivity contribution in [1.82, 2.24) is 0 Å². The van der Waals surface area contributed by atoms with Crippen LogP contribution in [0.3, 0.4) is 0 Å². The summed E-state index contributed by atoms with van der Waals surface area (Å²) in [5.41, 5.74) is 3.76. The monoisotopic (exact) mass is 409 g/mol. The van der Waals surface area contributed by atoms with E-state index in [4.69, 9.17) is 4.74 Å². The molecule has 0 spiro atoms. The quantitative estimate of drug-likeness (QED) is 0.716. The molecular formula is C17H17Br2NO. The Morgan fingerprint density at radius 2 is 1.95 bits per heavy atom. The summed E-state index contributed by atoms with van der Waals surface area (Å²) in [6.07, 6.45) is 2.78. The standard InChI is InChI=1S/C17H16BrNO.BrH/c1-2-4-13-5-3-6-14-11-19(12-20-17(13)14)16-9-7-15(18)8-10-16;/h2-3,5-10H,1,4,11-12H2;1H. The van der Waals surface area contributed by atoms with Crippen LogP contribution in [0.15, 0.2) is 59.6 Å². The van der Waals surface area contributed by atoms with Gasteiger partial charge in [-0.05, 0) is 30.2 Å². The lowest BCUT2D eigenvalue weighted by Crippen LogP contribution is -3.07. The van der Waals surface area contributed by atoms with Crippen molar-refractivity contribution < 1.29 is 26.6 Å². The minimum atomic E-state index is 0. The fraction of sp³-hybridized carbons (Fsp3) is 0.176. The SMILES string of the molecule is C=CCc1cccc2c1OC[NH+](c1ccc(Br)cc1)C2.[Br-]. The molecule has 2 aromatic rings. The fourth-order valence-electron chi connectivity index (χ4n) is 2.59. The number of rotatable bonds is 3. The fourth-order valence-corrected chi connectivity index (χ4v) is 2.85. The summed E-state index contributed by atoms with van der Waals surface area (Å²) in [7, 11) is 0. The van der Waals surface area contributed by atoms with E-state index in [1.54, 1.807) is 0 Å². The zero-order valence-corrected chi connectivity index (χ0v) is 14.8. The molecular weight excluding hydrogens is 394 g/mol. The van der Waals surface area contributed by atoms with Crippen LogP contribution >= 0.6 is 15.9 Å². The molecule has 4 heteroatoms. The number of ether oxygens (including phenoxy) is 1. The van der Waals surface area contributed by atoms with Crippen LogP contribution in [0.5, 0.6) is 5.75 Å². The summed E-state index contributed by atoms with van der Waals surface area (Å²) < 4.78 is 7.11. The molecule has 3 rings (SSSR count). The van der Waals surface area contributed by atoms with E-state index in [1.807, 2.05) is 6.08 Å². The third kappa shape index (κ3) is 3.57. The van der Waals surface area contributed by atoms with Crippen LogP contribution in [0.1, 0.15) is 11.1 Å². The molecule has 1 aliphatic rings. The smallest absolute Gasteiger partial charge is 0.227 e. The molecule has 0 aliphatic carbocycles. The Balaban J connectivity index is 0.00000161. The average molecular weight is 411 g/mol. The predicted molar refractivity (Wildman–Crippen MR) is 84.3 cm³/mol. The first kappa shape index (κ1) is 16.3. The summed E-state index contributed by atoms with van der Waals surface area (Å²) in [5.74, 6) is 1.05. The normalized spacial score (nSPS) is 16.3. The molecule has 110 valence electrons. The molecule has 0 fully saturated rings. The minimum Gasteiger partial charge on any atom is -1.00 e. The van der Waals surface area contributed by atoms with Crippen molar-refractivity contribution in [3.63, 3.8) is 0 Å². The van der Waals surface area contributed by atoms with Gasteiger partial charge in [0.25, 0.3) is 0 Å². The van der Waals surface area contributed by atoms with Gasteiger partial charge >= 0.3 is 0 Å². The topological polar surface area (TPSA) is 13.7 Å². The molecule has 1 N–H and O–H groups in total. The molecule has 0 saturated heterocycles. The van der Waals surface area contributed by atoms with Crippen molar-refractivity contribution in [3.8, 4) is 5.75 Å². The van der Waals surface area contributed by atoms with Gasteiger partial charge in [-0.25, -0.2) is 0 Å². The van der Waals surface area contributed by atoms with Gasteiger partial charge in [-0.15, -0.1) is 6.58 Å². The lowest BCUT2D eigenvalue weighted by Gasteiger charge is -2.27. The molecule has 0 saturated carbocycles.